The largest absolute Gasteiger partial charge is 0.459 e. The predicted molar refractivity (Wildman–Crippen MR) is 79.4 cm³/mol. The molecule has 0 aliphatic heterocycles. The third-order valence-corrected chi connectivity index (χ3v) is 2.75. The minimum Gasteiger partial charge on any atom is -0.459 e. The van der Waals surface area contributed by atoms with Crippen LogP contribution in [0.3, 0.4) is 0 Å². The lowest BCUT2D eigenvalue weighted by atomic mass is 10.1. The average Bonchev–Trinajstić information content (AvgIpc) is 2.31. The van der Waals surface area contributed by atoms with Crippen LogP contribution in [0.4, 0.5) is 11.4 Å². The van der Waals surface area contributed by atoms with Crippen molar-refractivity contribution < 1.29 is 9.53 Å². The van der Waals surface area contributed by atoms with Gasteiger partial charge in [-0.15, -0.1) is 0 Å². The Hall–Kier alpha value is -1.71. The van der Waals surface area contributed by atoms with Gasteiger partial charge < -0.3 is 15.8 Å². The highest BCUT2D eigenvalue weighted by molar-refractivity contribution is 5.92. The Kier molecular flexibility index (Phi) is 5.67. The van der Waals surface area contributed by atoms with Crippen molar-refractivity contribution in [3.05, 3.63) is 23.8 Å². The molecule has 4 heteroatoms. The van der Waals surface area contributed by atoms with Crippen LogP contribution in [0.2, 0.25) is 0 Å². The number of nitrogens with two attached hydrogens (primary N) is 1. The normalized spacial score (nSPS) is 12.3. The minimum atomic E-state index is -0.338. The Morgan fingerprint density at radius 2 is 2.05 bits per heavy atom. The van der Waals surface area contributed by atoms with E-state index in [4.69, 9.17) is 10.5 Å². The average molecular weight is 264 g/mol. The van der Waals surface area contributed by atoms with Crippen molar-refractivity contribution in [3.63, 3.8) is 0 Å². The van der Waals surface area contributed by atoms with E-state index in [0.29, 0.717) is 17.3 Å². The van der Waals surface area contributed by atoms with Crippen LogP contribution < -0.4 is 11.1 Å². The predicted octanol–water partition coefficient (Wildman–Crippen LogP) is 3.43. The number of anilines is 2. The quantitative estimate of drug-likeness (QED) is 0.610. The summed E-state index contributed by atoms with van der Waals surface area (Å²) in [5.41, 5.74) is 7.88. The zero-order chi connectivity index (χ0) is 14.4. The Morgan fingerprint density at radius 1 is 1.37 bits per heavy atom. The van der Waals surface area contributed by atoms with Gasteiger partial charge in [-0.2, -0.15) is 0 Å². The number of esters is 1. The minimum absolute atomic E-state index is 0.129. The fourth-order valence-corrected chi connectivity index (χ4v) is 1.87. The van der Waals surface area contributed by atoms with Crippen molar-refractivity contribution in [1.29, 1.82) is 0 Å². The summed E-state index contributed by atoms with van der Waals surface area (Å²) >= 11 is 0. The van der Waals surface area contributed by atoms with E-state index < -0.39 is 0 Å². The Labute approximate surface area is 115 Å². The molecule has 3 N–H and O–H groups in total. The second kappa shape index (κ2) is 7.02. The van der Waals surface area contributed by atoms with Gasteiger partial charge in [0.15, 0.2) is 0 Å². The smallest absolute Gasteiger partial charge is 0.338 e. The van der Waals surface area contributed by atoms with Crippen LogP contribution in [0.25, 0.3) is 0 Å². The lowest BCUT2D eigenvalue weighted by Crippen LogP contribution is -2.16. The van der Waals surface area contributed by atoms with Crippen LogP contribution in [-0.2, 0) is 4.74 Å². The highest BCUT2D eigenvalue weighted by atomic mass is 16.5. The van der Waals surface area contributed by atoms with Crippen LogP contribution in [0.15, 0.2) is 18.2 Å². The van der Waals surface area contributed by atoms with Crippen molar-refractivity contribution in [2.45, 2.75) is 52.7 Å². The zero-order valence-corrected chi connectivity index (χ0v) is 12.2. The number of rotatable bonds is 6. The van der Waals surface area contributed by atoms with Gasteiger partial charge in [-0.05, 0) is 45.4 Å². The Bertz CT molecular complexity index is 430. The maximum Gasteiger partial charge on any atom is 0.338 e. The number of nitrogens with one attached hydrogen (secondary N) is 1. The number of carbonyl (C=O) groups excluding carboxylic acids is 1. The van der Waals surface area contributed by atoms with Gasteiger partial charge in [0.25, 0.3) is 0 Å². The molecule has 0 saturated heterocycles. The van der Waals surface area contributed by atoms with Gasteiger partial charge in [0.2, 0.25) is 0 Å². The monoisotopic (exact) mass is 264 g/mol. The first-order valence-electron chi connectivity index (χ1n) is 6.81. The molecule has 1 atom stereocenters. The molecule has 0 bridgehead atoms. The van der Waals surface area contributed by atoms with E-state index in [1.807, 2.05) is 19.9 Å². The molecule has 0 aromatic heterocycles. The topological polar surface area (TPSA) is 64.3 Å². The molecule has 0 aliphatic rings. The van der Waals surface area contributed by atoms with Gasteiger partial charge in [-0.25, -0.2) is 4.79 Å². The highest BCUT2D eigenvalue weighted by Crippen LogP contribution is 2.22. The van der Waals surface area contributed by atoms with Gasteiger partial charge in [-0.3, -0.25) is 0 Å². The third kappa shape index (κ3) is 4.81. The summed E-state index contributed by atoms with van der Waals surface area (Å²) in [5.74, 6) is -0.338. The van der Waals surface area contributed by atoms with Gasteiger partial charge in [-0.1, -0.05) is 13.3 Å². The summed E-state index contributed by atoms with van der Waals surface area (Å²) in [6, 6.07) is 5.59. The Morgan fingerprint density at radius 3 is 2.58 bits per heavy atom. The standard InChI is InChI=1S/C15H24N2O2/c1-5-6-11(4)17-14-8-7-12(9-13(14)16)15(18)19-10(2)3/h7-11,17H,5-6,16H2,1-4H3/t11-/m1/s1. The molecule has 0 aliphatic carbocycles. The van der Waals surface area contributed by atoms with Crippen LogP contribution in [0.5, 0.6) is 0 Å². The fourth-order valence-electron chi connectivity index (χ4n) is 1.87. The summed E-state index contributed by atoms with van der Waals surface area (Å²) in [6.07, 6.45) is 2.07. The molecule has 0 saturated carbocycles. The zero-order valence-electron chi connectivity index (χ0n) is 12.2. The molecule has 1 aromatic carbocycles. The van der Waals surface area contributed by atoms with Crippen molar-refractivity contribution >= 4 is 17.3 Å². The number of ether oxygens (including phenoxy) is 1. The molecule has 0 amide bonds. The highest BCUT2D eigenvalue weighted by Gasteiger charge is 2.11. The van der Waals surface area contributed by atoms with Crippen LogP contribution in [0.1, 0.15) is 50.9 Å². The summed E-state index contributed by atoms with van der Waals surface area (Å²) in [4.78, 5) is 11.7. The molecular weight excluding hydrogens is 240 g/mol. The molecule has 1 aromatic rings. The SMILES string of the molecule is CCC[C@@H](C)Nc1ccc(C(=O)OC(C)C)cc1N. The molecule has 0 fully saturated rings. The molecule has 4 nitrogen and oxygen atoms in total. The van der Waals surface area contributed by atoms with Crippen LogP contribution >= 0.6 is 0 Å². The van der Waals surface area contributed by atoms with E-state index in [0.717, 1.165) is 18.5 Å². The maximum absolute atomic E-state index is 11.7. The number of benzene rings is 1. The second-order valence-electron chi connectivity index (χ2n) is 5.09. The van der Waals surface area contributed by atoms with E-state index in [-0.39, 0.29) is 12.1 Å². The second-order valence-corrected chi connectivity index (χ2v) is 5.09. The van der Waals surface area contributed by atoms with E-state index in [2.05, 4.69) is 19.2 Å². The molecular formula is C15H24N2O2. The van der Waals surface area contributed by atoms with E-state index in [9.17, 15) is 4.79 Å². The molecule has 0 unspecified atom stereocenters. The lowest BCUT2D eigenvalue weighted by molar-refractivity contribution is 0.0378. The van der Waals surface area contributed by atoms with Crippen molar-refractivity contribution in [1.82, 2.24) is 0 Å². The van der Waals surface area contributed by atoms with E-state index in [1.54, 1.807) is 12.1 Å². The number of carbonyl (C=O) groups is 1. The van der Waals surface area contributed by atoms with Gasteiger partial charge in [0.05, 0.1) is 23.0 Å². The van der Waals surface area contributed by atoms with Crippen LogP contribution in [-0.4, -0.2) is 18.1 Å². The molecule has 0 radical (unpaired) electrons. The maximum atomic E-state index is 11.7. The Balaban J connectivity index is 2.77. The lowest BCUT2D eigenvalue weighted by Gasteiger charge is -2.16. The van der Waals surface area contributed by atoms with E-state index in [1.165, 1.54) is 0 Å². The van der Waals surface area contributed by atoms with E-state index >= 15 is 0 Å². The van der Waals surface area contributed by atoms with Crippen LogP contribution in [0, 0.1) is 0 Å². The number of hydrogen-bond donors (Lipinski definition) is 2. The van der Waals surface area contributed by atoms with Crippen molar-refractivity contribution in [2.75, 3.05) is 11.1 Å². The summed E-state index contributed by atoms with van der Waals surface area (Å²) in [5, 5.41) is 3.34. The van der Waals surface area contributed by atoms with Crippen molar-refractivity contribution in [2.24, 2.45) is 0 Å². The summed E-state index contributed by atoms with van der Waals surface area (Å²) in [7, 11) is 0. The molecule has 0 heterocycles. The number of hydrogen-bond acceptors (Lipinski definition) is 4. The number of nitrogen functional groups attached to an aromatic ring is 1. The molecule has 106 valence electrons. The molecule has 1 rings (SSSR count). The molecule has 0 spiro atoms. The first kappa shape index (κ1) is 15.3. The first-order chi connectivity index (χ1) is 8.93. The van der Waals surface area contributed by atoms with Gasteiger partial charge in [0.1, 0.15) is 0 Å². The first-order valence-corrected chi connectivity index (χ1v) is 6.81. The van der Waals surface area contributed by atoms with Gasteiger partial charge in [0, 0.05) is 6.04 Å². The summed E-state index contributed by atoms with van der Waals surface area (Å²) in [6.45, 7) is 7.91. The molecule has 19 heavy (non-hydrogen) atoms. The fraction of sp³-hybridized carbons (Fsp3) is 0.533. The van der Waals surface area contributed by atoms with Gasteiger partial charge >= 0.3 is 5.97 Å². The summed E-state index contributed by atoms with van der Waals surface area (Å²) < 4.78 is 5.14. The third-order valence-electron chi connectivity index (χ3n) is 2.75. The van der Waals surface area contributed by atoms with Crippen molar-refractivity contribution in [3.8, 4) is 0 Å².